The van der Waals surface area contributed by atoms with Crippen LogP contribution in [0.3, 0.4) is 0 Å². The lowest BCUT2D eigenvalue weighted by Crippen LogP contribution is -2.18. The number of benzene rings is 1. The van der Waals surface area contributed by atoms with Crippen LogP contribution in [0.4, 0.5) is 0 Å². The van der Waals surface area contributed by atoms with Crippen molar-refractivity contribution >= 4 is 38.5 Å². The summed E-state index contributed by atoms with van der Waals surface area (Å²) in [6, 6.07) is 3.84. The Bertz CT molecular complexity index is 512. The maximum atomic E-state index is 6.10. The van der Waals surface area contributed by atoms with Gasteiger partial charge in [-0.05, 0) is 12.1 Å². The second-order valence-electron chi connectivity index (χ2n) is 3.69. The number of fused-ring (bicyclic) bond motifs is 1. The zero-order valence-electron chi connectivity index (χ0n) is 9.43. The summed E-state index contributed by atoms with van der Waals surface area (Å²) in [7, 11) is 1.69. The predicted molar refractivity (Wildman–Crippen MR) is 72.5 cm³/mol. The summed E-state index contributed by atoms with van der Waals surface area (Å²) < 4.78 is 11.4. The van der Waals surface area contributed by atoms with Crippen molar-refractivity contribution in [3.05, 3.63) is 33.5 Å². The number of methoxy groups -OCH3 is 1. The third-order valence-electron chi connectivity index (χ3n) is 2.47. The first-order valence-corrected chi connectivity index (χ1v) is 6.44. The van der Waals surface area contributed by atoms with Crippen LogP contribution in [0.25, 0.3) is 11.0 Å². The molecule has 2 rings (SSSR count). The third-order valence-corrected chi connectivity index (χ3v) is 3.21. The fourth-order valence-electron chi connectivity index (χ4n) is 1.65. The Kier molecular flexibility index (Phi) is 4.45. The first-order valence-electron chi connectivity index (χ1n) is 5.27. The quantitative estimate of drug-likeness (QED) is 0.856. The molecule has 0 radical (unpaired) electrons. The van der Waals surface area contributed by atoms with Crippen LogP contribution < -0.4 is 5.32 Å². The fourth-order valence-corrected chi connectivity index (χ4v) is 2.50. The summed E-state index contributed by atoms with van der Waals surface area (Å²) in [6.45, 7) is 2.24. The van der Waals surface area contributed by atoms with Crippen molar-refractivity contribution in [2.24, 2.45) is 0 Å². The number of furan rings is 1. The summed E-state index contributed by atoms with van der Waals surface area (Å²) in [4.78, 5) is 0. The van der Waals surface area contributed by atoms with E-state index in [-0.39, 0.29) is 0 Å². The van der Waals surface area contributed by atoms with Crippen LogP contribution in [0, 0.1) is 0 Å². The Morgan fingerprint density at radius 2 is 2.29 bits per heavy atom. The largest absolute Gasteiger partial charge is 0.462 e. The summed E-state index contributed by atoms with van der Waals surface area (Å²) in [5.74, 6) is 0. The van der Waals surface area contributed by atoms with Gasteiger partial charge in [-0.3, -0.25) is 0 Å². The predicted octanol–water partition coefficient (Wildman–Crippen LogP) is 3.58. The van der Waals surface area contributed by atoms with Crippen LogP contribution in [0.5, 0.6) is 0 Å². The lowest BCUT2D eigenvalue weighted by atomic mass is 10.2. The van der Waals surface area contributed by atoms with E-state index >= 15 is 0 Å². The molecule has 0 bridgehead atoms. The molecule has 5 heteroatoms. The Labute approximate surface area is 113 Å². The topological polar surface area (TPSA) is 34.4 Å². The molecule has 92 valence electrons. The smallest absolute Gasteiger partial charge is 0.152 e. The number of hydrogen-bond acceptors (Lipinski definition) is 3. The van der Waals surface area contributed by atoms with E-state index in [2.05, 4.69) is 21.2 Å². The summed E-state index contributed by atoms with van der Waals surface area (Å²) in [5.41, 5.74) is 1.83. The molecule has 0 aliphatic rings. The van der Waals surface area contributed by atoms with Crippen LogP contribution in [0.1, 0.15) is 5.56 Å². The molecule has 1 N–H and O–H groups in total. The van der Waals surface area contributed by atoms with E-state index in [0.29, 0.717) is 11.6 Å². The van der Waals surface area contributed by atoms with E-state index in [9.17, 15) is 0 Å². The maximum absolute atomic E-state index is 6.10. The molecule has 0 saturated heterocycles. The molecule has 1 heterocycles. The van der Waals surface area contributed by atoms with Gasteiger partial charge in [0.05, 0.1) is 17.9 Å². The van der Waals surface area contributed by atoms with Gasteiger partial charge in [0.2, 0.25) is 0 Å². The zero-order chi connectivity index (χ0) is 12.3. The van der Waals surface area contributed by atoms with E-state index in [4.69, 9.17) is 20.8 Å². The molecule has 0 atom stereocenters. The molecular formula is C12H13BrClNO2. The van der Waals surface area contributed by atoms with Crippen molar-refractivity contribution in [1.29, 1.82) is 0 Å². The molecule has 0 amide bonds. The number of hydrogen-bond donors (Lipinski definition) is 1. The van der Waals surface area contributed by atoms with E-state index in [1.807, 2.05) is 12.1 Å². The average Bonchev–Trinajstić information content (AvgIpc) is 2.68. The van der Waals surface area contributed by atoms with Crippen molar-refractivity contribution in [3.63, 3.8) is 0 Å². The molecule has 1 aromatic heterocycles. The summed E-state index contributed by atoms with van der Waals surface area (Å²) >= 11 is 9.52. The Morgan fingerprint density at radius 3 is 3.06 bits per heavy atom. The van der Waals surface area contributed by atoms with Gasteiger partial charge >= 0.3 is 0 Å². The molecule has 0 aliphatic heterocycles. The Morgan fingerprint density at radius 1 is 1.47 bits per heavy atom. The van der Waals surface area contributed by atoms with Crippen molar-refractivity contribution < 1.29 is 9.15 Å². The standard InChI is InChI=1S/C12H13BrClNO2/c1-16-3-2-15-6-8-7-17-12-10(8)4-9(13)5-11(12)14/h4-5,7,15H,2-3,6H2,1H3. The molecule has 0 unspecified atom stereocenters. The SMILES string of the molecule is COCCNCc1coc2c(Cl)cc(Br)cc12. The third kappa shape index (κ3) is 3.01. The van der Waals surface area contributed by atoms with Gasteiger partial charge in [0.1, 0.15) is 0 Å². The van der Waals surface area contributed by atoms with E-state index in [1.165, 1.54) is 0 Å². The molecule has 17 heavy (non-hydrogen) atoms. The monoisotopic (exact) mass is 317 g/mol. The van der Waals surface area contributed by atoms with Crippen LogP contribution in [-0.4, -0.2) is 20.3 Å². The molecule has 3 nitrogen and oxygen atoms in total. The molecular weight excluding hydrogens is 305 g/mol. The fraction of sp³-hybridized carbons (Fsp3) is 0.333. The lowest BCUT2D eigenvalue weighted by Gasteiger charge is -2.02. The summed E-state index contributed by atoms with van der Waals surface area (Å²) in [6.07, 6.45) is 1.74. The molecule has 0 saturated carbocycles. The van der Waals surface area contributed by atoms with E-state index < -0.39 is 0 Å². The second kappa shape index (κ2) is 5.87. The maximum Gasteiger partial charge on any atom is 0.152 e. The van der Waals surface area contributed by atoms with Crippen molar-refractivity contribution in [3.8, 4) is 0 Å². The molecule has 0 spiro atoms. The number of halogens is 2. The second-order valence-corrected chi connectivity index (χ2v) is 5.02. The highest BCUT2D eigenvalue weighted by Gasteiger charge is 2.09. The molecule has 1 aromatic carbocycles. The van der Waals surface area contributed by atoms with Gasteiger partial charge in [-0.15, -0.1) is 0 Å². The van der Waals surface area contributed by atoms with Crippen molar-refractivity contribution in [1.82, 2.24) is 5.32 Å². The van der Waals surface area contributed by atoms with Gasteiger partial charge < -0.3 is 14.5 Å². The highest BCUT2D eigenvalue weighted by Crippen LogP contribution is 2.31. The van der Waals surface area contributed by atoms with Crippen LogP contribution in [0.2, 0.25) is 5.02 Å². The molecule has 0 fully saturated rings. The Hall–Kier alpha value is -0.550. The molecule has 2 aromatic rings. The number of rotatable bonds is 5. The number of nitrogens with one attached hydrogen (secondary N) is 1. The zero-order valence-corrected chi connectivity index (χ0v) is 11.8. The van der Waals surface area contributed by atoms with Gasteiger partial charge in [-0.2, -0.15) is 0 Å². The van der Waals surface area contributed by atoms with Crippen molar-refractivity contribution in [2.45, 2.75) is 6.54 Å². The Balaban J connectivity index is 2.18. The first kappa shape index (κ1) is 12.9. The van der Waals surface area contributed by atoms with E-state index in [0.717, 1.165) is 34.1 Å². The lowest BCUT2D eigenvalue weighted by molar-refractivity contribution is 0.199. The van der Waals surface area contributed by atoms with Crippen LogP contribution >= 0.6 is 27.5 Å². The van der Waals surface area contributed by atoms with Gasteiger partial charge in [-0.25, -0.2) is 0 Å². The highest BCUT2D eigenvalue weighted by atomic mass is 79.9. The van der Waals surface area contributed by atoms with Crippen LogP contribution in [0.15, 0.2) is 27.3 Å². The first-order chi connectivity index (χ1) is 8.22. The minimum absolute atomic E-state index is 0.623. The molecule has 0 aliphatic carbocycles. The minimum atomic E-state index is 0.623. The highest BCUT2D eigenvalue weighted by molar-refractivity contribution is 9.10. The van der Waals surface area contributed by atoms with Crippen LogP contribution in [-0.2, 0) is 11.3 Å². The van der Waals surface area contributed by atoms with Gasteiger partial charge in [0, 0.05) is 35.6 Å². The minimum Gasteiger partial charge on any atom is -0.462 e. The van der Waals surface area contributed by atoms with Gasteiger partial charge in [0.25, 0.3) is 0 Å². The normalized spacial score (nSPS) is 11.2. The summed E-state index contributed by atoms with van der Waals surface area (Å²) in [5, 5.41) is 4.94. The van der Waals surface area contributed by atoms with Gasteiger partial charge in [0.15, 0.2) is 5.58 Å². The van der Waals surface area contributed by atoms with E-state index in [1.54, 1.807) is 13.4 Å². The average molecular weight is 319 g/mol. The van der Waals surface area contributed by atoms with Gasteiger partial charge in [-0.1, -0.05) is 27.5 Å². The number of ether oxygens (including phenoxy) is 1. The van der Waals surface area contributed by atoms with Crippen molar-refractivity contribution in [2.75, 3.05) is 20.3 Å².